The Morgan fingerprint density at radius 2 is 1.74 bits per heavy atom. The van der Waals surface area contributed by atoms with E-state index in [1.165, 1.54) is 5.56 Å². The molecule has 3 aromatic carbocycles. The minimum atomic E-state index is -0.0211. The third-order valence-corrected chi connectivity index (χ3v) is 8.69. The first-order valence-electron chi connectivity index (χ1n) is 13.1. The van der Waals surface area contributed by atoms with Gasteiger partial charge in [0.2, 0.25) is 5.78 Å². The van der Waals surface area contributed by atoms with Crippen molar-refractivity contribution in [2.75, 3.05) is 13.2 Å². The quantitative estimate of drug-likeness (QED) is 0.217. The van der Waals surface area contributed by atoms with Crippen molar-refractivity contribution in [2.45, 2.75) is 39.2 Å². The van der Waals surface area contributed by atoms with Crippen LogP contribution in [0.4, 0.5) is 0 Å². The van der Waals surface area contributed by atoms with Crippen molar-refractivity contribution < 1.29 is 14.3 Å². The largest absolute Gasteiger partial charge is 0.485 e. The average Bonchev–Trinajstić information content (AvgIpc) is 3.18. The van der Waals surface area contributed by atoms with Gasteiger partial charge in [-0.15, -0.1) is 0 Å². The summed E-state index contributed by atoms with van der Waals surface area (Å²) in [5.74, 6) is 1.73. The Labute approximate surface area is 234 Å². The van der Waals surface area contributed by atoms with Crippen LogP contribution in [0.1, 0.15) is 59.5 Å². The molecule has 6 heteroatoms. The van der Waals surface area contributed by atoms with Gasteiger partial charge < -0.3 is 14.0 Å². The van der Waals surface area contributed by atoms with E-state index in [0.717, 1.165) is 34.1 Å². The zero-order valence-corrected chi connectivity index (χ0v) is 23.7. The minimum absolute atomic E-state index is 0.00281. The van der Waals surface area contributed by atoms with Gasteiger partial charge >= 0.3 is 0 Å². The van der Waals surface area contributed by atoms with E-state index in [9.17, 15) is 4.79 Å². The number of nitrogens with zero attached hydrogens (tertiary/aromatic N) is 1. The van der Waals surface area contributed by atoms with Gasteiger partial charge in [0.1, 0.15) is 5.75 Å². The zero-order valence-electron chi connectivity index (χ0n) is 22.2. The molecule has 1 aromatic heterocycles. The molecule has 0 amide bonds. The van der Waals surface area contributed by atoms with E-state index < -0.39 is 0 Å². The van der Waals surface area contributed by atoms with Crippen LogP contribution in [0.2, 0.25) is 10.0 Å². The van der Waals surface area contributed by atoms with E-state index in [-0.39, 0.29) is 24.4 Å². The third kappa shape index (κ3) is 5.22. The number of carbonyl (C=O) groups excluding carboxylic acids is 1. The topological polar surface area (TPSA) is 40.5 Å². The normalized spacial score (nSPS) is 19.7. The summed E-state index contributed by atoms with van der Waals surface area (Å²) < 4.78 is 14.4. The fourth-order valence-electron chi connectivity index (χ4n) is 5.67. The van der Waals surface area contributed by atoms with Crippen molar-refractivity contribution in [2.24, 2.45) is 18.9 Å². The number of hydrogen-bond acceptors (Lipinski definition) is 3. The molecule has 0 unspecified atom stereocenters. The smallest absolute Gasteiger partial charge is 0.202 e. The van der Waals surface area contributed by atoms with Gasteiger partial charge in [-0.2, -0.15) is 0 Å². The van der Waals surface area contributed by atoms with E-state index >= 15 is 0 Å². The summed E-state index contributed by atoms with van der Waals surface area (Å²) >= 11 is 12.4. The van der Waals surface area contributed by atoms with Crippen LogP contribution < -0.4 is 4.74 Å². The van der Waals surface area contributed by atoms with E-state index in [4.69, 9.17) is 32.7 Å². The van der Waals surface area contributed by atoms with Gasteiger partial charge in [0.15, 0.2) is 6.61 Å². The molecular formula is C32H33Cl2NO3. The van der Waals surface area contributed by atoms with Crippen LogP contribution in [-0.2, 0) is 11.8 Å². The Kier molecular flexibility index (Phi) is 7.85. The Hall–Kier alpha value is -2.79. The molecule has 3 atom stereocenters. The molecule has 4 aromatic rings. The summed E-state index contributed by atoms with van der Waals surface area (Å²) in [6.45, 7) is 7.09. The van der Waals surface area contributed by atoms with E-state index in [1.807, 2.05) is 68.6 Å². The van der Waals surface area contributed by atoms with Crippen LogP contribution in [0.15, 0.2) is 66.7 Å². The second kappa shape index (κ2) is 11.1. The predicted octanol–water partition coefficient (Wildman–Crippen LogP) is 8.57. The summed E-state index contributed by atoms with van der Waals surface area (Å²) in [7, 11) is 1.98. The highest BCUT2D eigenvalue weighted by Crippen LogP contribution is 2.44. The molecule has 4 nitrogen and oxygen atoms in total. The summed E-state index contributed by atoms with van der Waals surface area (Å²) in [6, 6.07) is 21.8. The molecule has 0 radical (unpaired) electrons. The lowest BCUT2D eigenvalue weighted by Gasteiger charge is -2.39. The van der Waals surface area contributed by atoms with Crippen LogP contribution >= 0.6 is 23.2 Å². The van der Waals surface area contributed by atoms with Gasteiger partial charge in [0.25, 0.3) is 0 Å². The molecule has 38 heavy (non-hydrogen) atoms. The summed E-state index contributed by atoms with van der Waals surface area (Å²) in [5.41, 5.74) is 5.01. The number of halogens is 2. The summed E-state index contributed by atoms with van der Waals surface area (Å²) in [4.78, 5) is 13.1. The highest BCUT2D eigenvalue weighted by atomic mass is 35.5. The third-order valence-electron chi connectivity index (χ3n) is 7.95. The zero-order chi connectivity index (χ0) is 27.0. The molecule has 198 valence electrons. The SMILES string of the molecule is Cc1c(C(=O)COc2ccc([C@@H]3OC[C@@H](c4ccc(Cl)c(Cl)c4)C[C@H]3C(C)C)cc2)c2ccccc2n1C. The number of rotatable bonds is 7. The number of ether oxygens (including phenoxy) is 2. The highest BCUT2D eigenvalue weighted by Gasteiger charge is 2.35. The molecular weight excluding hydrogens is 517 g/mol. The standard InChI is InChI=1S/C32H33Cl2NO3/c1-19(2)26-15-23(22-11-14-27(33)28(34)16-22)17-38-32(26)21-9-12-24(13-10-21)37-18-30(36)31-20(3)35(4)29-8-6-5-7-25(29)31/h5-14,16,19,23,26,32H,15,17-18H2,1-4H3/t23-,26-,32-/m0/s1. The van der Waals surface area contributed by atoms with Crippen LogP contribution in [0.5, 0.6) is 5.75 Å². The van der Waals surface area contributed by atoms with Gasteiger partial charge in [0, 0.05) is 35.1 Å². The van der Waals surface area contributed by atoms with Gasteiger partial charge in [-0.1, -0.05) is 73.4 Å². The summed E-state index contributed by atoms with van der Waals surface area (Å²) in [5, 5.41) is 2.11. The second-order valence-electron chi connectivity index (χ2n) is 10.6. The Morgan fingerprint density at radius 1 is 1.03 bits per heavy atom. The second-order valence-corrected chi connectivity index (χ2v) is 11.4. The number of benzene rings is 3. The molecule has 2 heterocycles. The van der Waals surface area contributed by atoms with Crippen molar-refractivity contribution in [3.8, 4) is 5.75 Å². The summed E-state index contributed by atoms with van der Waals surface area (Å²) in [6.07, 6.45) is 1.01. The van der Waals surface area contributed by atoms with Gasteiger partial charge in [-0.25, -0.2) is 0 Å². The number of Topliss-reactive ketones (excluding diaryl/α,β-unsaturated/α-hetero) is 1. The van der Waals surface area contributed by atoms with E-state index in [0.29, 0.717) is 34.2 Å². The fourth-order valence-corrected chi connectivity index (χ4v) is 5.98. The maximum absolute atomic E-state index is 13.1. The van der Waals surface area contributed by atoms with Crippen molar-refractivity contribution in [3.05, 3.63) is 99.2 Å². The Bertz CT molecular complexity index is 1460. The van der Waals surface area contributed by atoms with Crippen molar-refractivity contribution in [1.29, 1.82) is 0 Å². The Morgan fingerprint density at radius 3 is 2.45 bits per heavy atom. The lowest BCUT2D eigenvalue weighted by atomic mass is 9.76. The number of carbonyl (C=O) groups is 1. The van der Waals surface area contributed by atoms with Crippen molar-refractivity contribution >= 4 is 39.9 Å². The number of aryl methyl sites for hydroxylation is 1. The van der Waals surface area contributed by atoms with Crippen LogP contribution in [0.3, 0.4) is 0 Å². The Balaban J connectivity index is 1.26. The molecule has 1 aliphatic heterocycles. The van der Waals surface area contributed by atoms with Crippen molar-refractivity contribution in [1.82, 2.24) is 4.57 Å². The van der Waals surface area contributed by atoms with E-state index in [2.05, 4.69) is 30.5 Å². The number of hydrogen-bond donors (Lipinski definition) is 0. The number of fused-ring (bicyclic) bond motifs is 1. The molecule has 0 aliphatic carbocycles. The minimum Gasteiger partial charge on any atom is -0.485 e. The first-order valence-corrected chi connectivity index (χ1v) is 13.9. The first-order chi connectivity index (χ1) is 18.2. The average molecular weight is 551 g/mol. The lowest BCUT2D eigenvalue weighted by Crippen LogP contribution is -2.31. The molecule has 5 rings (SSSR count). The molecule has 0 bridgehead atoms. The predicted molar refractivity (Wildman–Crippen MR) is 155 cm³/mol. The van der Waals surface area contributed by atoms with Crippen molar-refractivity contribution in [3.63, 3.8) is 0 Å². The van der Waals surface area contributed by atoms with Gasteiger partial charge in [-0.05, 0) is 66.6 Å². The lowest BCUT2D eigenvalue weighted by molar-refractivity contribution is -0.0552. The maximum atomic E-state index is 13.1. The molecule has 1 saturated heterocycles. The number of ketones is 1. The number of para-hydroxylation sites is 1. The van der Waals surface area contributed by atoms with Crippen LogP contribution in [0, 0.1) is 18.8 Å². The number of aromatic nitrogens is 1. The highest BCUT2D eigenvalue weighted by molar-refractivity contribution is 6.42. The molecule has 1 aliphatic rings. The van der Waals surface area contributed by atoms with Gasteiger partial charge in [0.05, 0.1) is 22.8 Å². The van der Waals surface area contributed by atoms with Crippen LogP contribution in [-0.4, -0.2) is 23.6 Å². The molecule has 0 N–H and O–H groups in total. The molecule has 0 saturated carbocycles. The fraction of sp³-hybridized carbons (Fsp3) is 0.344. The van der Waals surface area contributed by atoms with Gasteiger partial charge in [-0.3, -0.25) is 4.79 Å². The maximum Gasteiger partial charge on any atom is 0.202 e. The monoisotopic (exact) mass is 549 g/mol. The van der Waals surface area contributed by atoms with Crippen LogP contribution in [0.25, 0.3) is 10.9 Å². The first kappa shape index (κ1) is 26.8. The van der Waals surface area contributed by atoms with E-state index in [1.54, 1.807) is 0 Å². The molecule has 0 spiro atoms. The molecule has 1 fully saturated rings.